The van der Waals surface area contributed by atoms with E-state index in [-0.39, 0.29) is 23.8 Å². The fourth-order valence-electron chi connectivity index (χ4n) is 5.30. The highest BCUT2D eigenvalue weighted by Gasteiger charge is 2.38. The third-order valence-corrected chi connectivity index (χ3v) is 7.46. The molecule has 40 heavy (non-hydrogen) atoms. The quantitative estimate of drug-likeness (QED) is 0.399. The number of benzene rings is 1. The van der Waals surface area contributed by atoms with E-state index in [0.29, 0.717) is 42.4 Å². The first kappa shape index (κ1) is 29.0. The van der Waals surface area contributed by atoms with Crippen LogP contribution in [0.5, 0.6) is 0 Å². The molecule has 4 rings (SSSR count). The summed E-state index contributed by atoms with van der Waals surface area (Å²) in [6, 6.07) is 12.1. The molecule has 0 unspecified atom stereocenters. The van der Waals surface area contributed by atoms with Gasteiger partial charge in [-0.25, -0.2) is 19.7 Å². The number of rotatable bonds is 7. The maximum Gasteiger partial charge on any atom is 0.339 e. The summed E-state index contributed by atoms with van der Waals surface area (Å²) in [5, 5.41) is 3.48. The summed E-state index contributed by atoms with van der Waals surface area (Å²) in [5.74, 6) is 1.04. The monoisotopic (exact) mass is 544 g/mol. The second-order valence-corrected chi connectivity index (χ2v) is 11.4. The molecule has 0 saturated carbocycles. The summed E-state index contributed by atoms with van der Waals surface area (Å²) in [6.45, 7) is 15.7. The molecule has 1 fully saturated rings. The van der Waals surface area contributed by atoms with E-state index in [4.69, 9.17) is 14.7 Å². The number of hydrogen-bond acceptors (Lipinski definition) is 8. The number of esters is 1. The normalized spacial score (nSPS) is 15.6. The van der Waals surface area contributed by atoms with Gasteiger partial charge in [-0.3, -0.25) is 4.79 Å². The number of methoxy groups -OCH3 is 1. The fourth-order valence-corrected chi connectivity index (χ4v) is 5.30. The maximum atomic E-state index is 13.8. The lowest BCUT2D eigenvalue weighted by Crippen LogP contribution is -2.61. The number of hydrogen-bond donors (Lipinski definition) is 1. The van der Waals surface area contributed by atoms with Crippen LogP contribution in [0.2, 0.25) is 0 Å². The standard InChI is InChI=1S/C31H40N6O3/c1-19(2)27-28(34-21(4)23-12-10-9-11-13-23)32-17-24(35-27)29(38)37-15-14-36(18-31(37,6)7)25-16-20(3)26(22(5)33-25)30(39)40-8/h9-13,16-17,19,21H,14-15,18H2,1-8H3,(H,32,34)/t21-/m0/s1. The third kappa shape index (κ3) is 5.93. The Morgan fingerprint density at radius 1 is 1.05 bits per heavy atom. The van der Waals surface area contributed by atoms with Crippen LogP contribution >= 0.6 is 0 Å². The Hall–Kier alpha value is -4.01. The van der Waals surface area contributed by atoms with E-state index < -0.39 is 5.54 Å². The van der Waals surface area contributed by atoms with Gasteiger partial charge in [0.2, 0.25) is 0 Å². The zero-order valence-corrected chi connectivity index (χ0v) is 24.8. The molecule has 1 saturated heterocycles. The van der Waals surface area contributed by atoms with Gasteiger partial charge in [-0.2, -0.15) is 0 Å². The van der Waals surface area contributed by atoms with Crippen LogP contribution in [0.4, 0.5) is 11.6 Å². The van der Waals surface area contributed by atoms with E-state index in [1.807, 2.05) is 56.9 Å². The first-order valence-electron chi connectivity index (χ1n) is 13.7. The van der Waals surface area contributed by atoms with Crippen molar-refractivity contribution in [3.05, 3.63) is 76.4 Å². The molecule has 0 bridgehead atoms. The molecule has 9 nitrogen and oxygen atoms in total. The Balaban J connectivity index is 1.53. The molecule has 2 aromatic heterocycles. The van der Waals surface area contributed by atoms with Gasteiger partial charge in [0.1, 0.15) is 17.3 Å². The molecule has 1 aliphatic rings. The Morgan fingerprint density at radius 2 is 1.75 bits per heavy atom. The Morgan fingerprint density at radius 3 is 2.35 bits per heavy atom. The van der Waals surface area contributed by atoms with Crippen LogP contribution in [-0.4, -0.2) is 64.0 Å². The van der Waals surface area contributed by atoms with E-state index in [1.54, 1.807) is 6.20 Å². The minimum Gasteiger partial charge on any atom is -0.465 e. The van der Waals surface area contributed by atoms with Crippen molar-refractivity contribution in [2.24, 2.45) is 0 Å². The molecular weight excluding hydrogens is 504 g/mol. The van der Waals surface area contributed by atoms with E-state index in [0.717, 1.165) is 22.6 Å². The zero-order chi connectivity index (χ0) is 29.2. The molecule has 0 spiro atoms. The summed E-state index contributed by atoms with van der Waals surface area (Å²) in [7, 11) is 1.37. The van der Waals surface area contributed by atoms with E-state index in [2.05, 4.69) is 48.1 Å². The topological polar surface area (TPSA) is 101 Å². The minimum absolute atomic E-state index is 0.0455. The van der Waals surface area contributed by atoms with Crippen molar-refractivity contribution >= 4 is 23.5 Å². The number of nitrogens with one attached hydrogen (secondary N) is 1. The minimum atomic E-state index is -0.488. The van der Waals surface area contributed by atoms with Crippen molar-refractivity contribution < 1.29 is 14.3 Å². The number of pyridine rings is 1. The molecule has 1 N–H and O–H groups in total. The van der Waals surface area contributed by atoms with Crippen molar-refractivity contribution in [2.45, 2.75) is 66.0 Å². The van der Waals surface area contributed by atoms with Crippen LogP contribution in [0.25, 0.3) is 0 Å². The van der Waals surface area contributed by atoms with Gasteiger partial charge in [0.15, 0.2) is 0 Å². The van der Waals surface area contributed by atoms with E-state index in [1.165, 1.54) is 7.11 Å². The lowest BCUT2D eigenvalue weighted by Gasteiger charge is -2.47. The number of carbonyl (C=O) groups excluding carboxylic acids is 2. The van der Waals surface area contributed by atoms with Gasteiger partial charge >= 0.3 is 5.97 Å². The number of aromatic nitrogens is 3. The highest BCUT2D eigenvalue weighted by molar-refractivity contribution is 5.93. The number of amides is 1. The van der Waals surface area contributed by atoms with Gasteiger partial charge in [-0.05, 0) is 57.7 Å². The smallest absolute Gasteiger partial charge is 0.339 e. The van der Waals surface area contributed by atoms with Gasteiger partial charge in [0.05, 0.1) is 41.8 Å². The van der Waals surface area contributed by atoms with E-state index >= 15 is 0 Å². The molecule has 1 aromatic carbocycles. The largest absolute Gasteiger partial charge is 0.465 e. The van der Waals surface area contributed by atoms with Gasteiger partial charge in [-0.1, -0.05) is 44.2 Å². The van der Waals surface area contributed by atoms with Crippen molar-refractivity contribution in [1.29, 1.82) is 0 Å². The van der Waals surface area contributed by atoms with Crippen LogP contribution in [0, 0.1) is 13.8 Å². The molecule has 1 amide bonds. The second kappa shape index (κ2) is 11.6. The van der Waals surface area contributed by atoms with Gasteiger partial charge in [0, 0.05) is 19.6 Å². The zero-order valence-electron chi connectivity index (χ0n) is 24.8. The van der Waals surface area contributed by atoms with Gasteiger partial charge in [0.25, 0.3) is 5.91 Å². The molecule has 1 atom stereocenters. The summed E-state index contributed by atoms with van der Waals surface area (Å²) >= 11 is 0. The Bertz CT molecular complexity index is 1370. The van der Waals surface area contributed by atoms with Crippen LogP contribution in [-0.2, 0) is 4.74 Å². The Kier molecular flexibility index (Phi) is 8.42. The maximum absolute atomic E-state index is 13.8. The fraction of sp³-hybridized carbons (Fsp3) is 0.452. The molecule has 0 radical (unpaired) electrons. The number of ether oxygens (including phenoxy) is 1. The third-order valence-electron chi connectivity index (χ3n) is 7.46. The summed E-state index contributed by atoms with van der Waals surface area (Å²) in [4.78, 5) is 44.1. The molecule has 9 heteroatoms. The molecular formula is C31H40N6O3. The average Bonchev–Trinajstić information content (AvgIpc) is 2.92. The van der Waals surface area contributed by atoms with Gasteiger partial charge in [-0.15, -0.1) is 0 Å². The Labute approximate surface area is 237 Å². The molecule has 3 heterocycles. The number of piperazine rings is 1. The first-order valence-corrected chi connectivity index (χ1v) is 13.7. The number of anilines is 2. The highest BCUT2D eigenvalue weighted by atomic mass is 16.5. The SMILES string of the molecule is COC(=O)c1c(C)cc(N2CCN(C(=O)c3cnc(N[C@@H](C)c4ccccc4)c(C(C)C)n3)C(C)(C)C2)nc1C. The number of carbonyl (C=O) groups is 2. The van der Waals surface area contributed by atoms with Crippen molar-refractivity contribution in [1.82, 2.24) is 19.9 Å². The molecule has 3 aromatic rings. The predicted molar refractivity (Wildman–Crippen MR) is 157 cm³/mol. The molecule has 1 aliphatic heterocycles. The van der Waals surface area contributed by atoms with Crippen molar-refractivity contribution in [3.63, 3.8) is 0 Å². The predicted octanol–water partition coefficient (Wildman–Crippen LogP) is 5.31. The highest BCUT2D eigenvalue weighted by Crippen LogP contribution is 2.29. The van der Waals surface area contributed by atoms with E-state index in [9.17, 15) is 9.59 Å². The summed E-state index contributed by atoms with van der Waals surface area (Å²) in [5.41, 5.74) is 3.72. The van der Waals surface area contributed by atoms with Crippen molar-refractivity contribution in [2.75, 3.05) is 37.0 Å². The first-order chi connectivity index (χ1) is 18.9. The molecule has 0 aliphatic carbocycles. The second-order valence-electron chi connectivity index (χ2n) is 11.4. The summed E-state index contributed by atoms with van der Waals surface area (Å²) < 4.78 is 4.92. The number of aryl methyl sites for hydroxylation is 2. The summed E-state index contributed by atoms with van der Waals surface area (Å²) in [6.07, 6.45) is 1.58. The van der Waals surface area contributed by atoms with Crippen LogP contribution in [0.1, 0.15) is 89.9 Å². The van der Waals surface area contributed by atoms with Gasteiger partial charge < -0.3 is 19.9 Å². The van der Waals surface area contributed by atoms with Crippen LogP contribution in [0.3, 0.4) is 0 Å². The van der Waals surface area contributed by atoms with Crippen molar-refractivity contribution in [3.8, 4) is 0 Å². The van der Waals surface area contributed by atoms with Crippen LogP contribution in [0.15, 0.2) is 42.6 Å². The number of nitrogens with zero attached hydrogens (tertiary/aromatic N) is 5. The lowest BCUT2D eigenvalue weighted by molar-refractivity contribution is 0.0505. The van der Waals surface area contributed by atoms with Crippen LogP contribution < -0.4 is 10.2 Å². The molecule has 212 valence electrons. The lowest BCUT2D eigenvalue weighted by atomic mass is 9.97. The average molecular weight is 545 g/mol.